The van der Waals surface area contributed by atoms with Crippen molar-refractivity contribution in [2.24, 2.45) is 5.92 Å². The third kappa shape index (κ3) is 5.01. The Balaban J connectivity index is 1.48. The van der Waals surface area contributed by atoms with Crippen molar-refractivity contribution in [3.63, 3.8) is 0 Å². The number of ether oxygens (including phenoxy) is 1. The average molecular weight is 386 g/mol. The van der Waals surface area contributed by atoms with Crippen LogP contribution in [-0.4, -0.2) is 27.4 Å². The minimum Gasteiger partial charge on any atom is -0.484 e. The molecule has 1 aliphatic rings. The lowest BCUT2D eigenvalue weighted by Gasteiger charge is -2.22. The van der Waals surface area contributed by atoms with E-state index in [-0.39, 0.29) is 24.2 Å². The average Bonchev–Trinajstić information content (AvgIpc) is 3.41. The standard InChI is InChI=1S/C19H22N4O3S/c1-12-4-5-13(2)15(8-12)25-9-17-22-23-18(26-17)27-10-16(24)21-19(3,11-20)14-6-7-14/h4-5,8,14H,6-7,9-10H2,1-3H3,(H,21,24). The van der Waals surface area contributed by atoms with Crippen LogP contribution in [0.25, 0.3) is 0 Å². The first kappa shape index (κ1) is 19.2. The van der Waals surface area contributed by atoms with Gasteiger partial charge < -0.3 is 14.5 Å². The number of hydrogen-bond acceptors (Lipinski definition) is 7. The van der Waals surface area contributed by atoms with Gasteiger partial charge in [0.2, 0.25) is 5.91 Å². The molecule has 3 rings (SSSR count). The number of carbonyl (C=O) groups excluding carboxylic acids is 1. The number of nitrogens with zero attached hydrogens (tertiary/aromatic N) is 3. The molecule has 2 aromatic rings. The van der Waals surface area contributed by atoms with Gasteiger partial charge in [-0.25, -0.2) is 0 Å². The topological polar surface area (TPSA) is 101 Å². The lowest BCUT2D eigenvalue weighted by Crippen LogP contribution is -2.47. The third-order valence-corrected chi connectivity index (χ3v) is 5.31. The third-order valence-electron chi connectivity index (χ3n) is 4.50. The maximum atomic E-state index is 12.1. The molecule has 142 valence electrons. The zero-order chi connectivity index (χ0) is 19.4. The Kier molecular flexibility index (Phi) is 5.71. The molecule has 1 aromatic carbocycles. The highest BCUT2D eigenvalue weighted by molar-refractivity contribution is 7.99. The molecule has 1 saturated carbocycles. The van der Waals surface area contributed by atoms with Gasteiger partial charge in [-0.05, 0) is 56.7 Å². The van der Waals surface area contributed by atoms with E-state index in [1.807, 2.05) is 32.0 Å². The molecule has 1 aromatic heterocycles. The molecular weight excluding hydrogens is 364 g/mol. The molecule has 0 saturated heterocycles. The van der Waals surface area contributed by atoms with Crippen molar-refractivity contribution < 1.29 is 13.9 Å². The molecule has 1 amide bonds. The van der Waals surface area contributed by atoms with Gasteiger partial charge in [0.15, 0.2) is 6.61 Å². The first-order chi connectivity index (χ1) is 12.9. The zero-order valence-electron chi connectivity index (χ0n) is 15.6. The van der Waals surface area contributed by atoms with E-state index in [0.29, 0.717) is 11.1 Å². The predicted molar refractivity (Wildman–Crippen MR) is 100 cm³/mol. The molecule has 7 nitrogen and oxygen atoms in total. The highest BCUT2D eigenvalue weighted by atomic mass is 32.2. The van der Waals surface area contributed by atoms with E-state index in [4.69, 9.17) is 9.15 Å². The lowest BCUT2D eigenvalue weighted by atomic mass is 9.98. The summed E-state index contributed by atoms with van der Waals surface area (Å²) >= 11 is 1.14. The van der Waals surface area contributed by atoms with Crippen LogP contribution < -0.4 is 10.1 Å². The fraction of sp³-hybridized carbons (Fsp3) is 0.474. The molecule has 1 N–H and O–H groups in total. The van der Waals surface area contributed by atoms with Crippen molar-refractivity contribution in [3.8, 4) is 11.8 Å². The van der Waals surface area contributed by atoms with Crippen LogP contribution in [0.4, 0.5) is 0 Å². The van der Waals surface area contributed by atoms with Crippen molar-refractivity contribution >= 4 is 17.7 Å². The molecule has 0 bridgehead atoms. The normalized spacial score (nSPS) is 15.6. The van der Waals surface area contributed by atoms with Crippen molar-refractivity contribution in [2.45, 2.75) is 51.0 Å². The second-order valence-corrected chi connectivity index (χ2v) is 7.87. The molecule has 1 fully saturated rings. The largest absolute Gasteiger partial charge is 0.484 e. The van der Waals surface area contributed by atoms with E-state index in [1.54, 1.807) is 6.92 Å². The number of aromatic nitrogens is 2. The maximum Gasteiger partial charge on any atom is 0.277 e. The van der Waals surface area contributed by atoms with Crippen molar-refractivity contribution in [3.05, 3.63) is 35.2 Å². The zero-order valence-corrected chi connectivity index (χ0v) is 16.4. The highest BCUT2D eigenvalue weighted by Crippen LogP contribution is 2.39. The van der Waals surface area contributed by atoms with E-state index in [1.165, 1.54) is 0 Å². The second-order valence-electron chi connectivity index (χ2n) is 6.94. The van der Waals surface area contributed by atoms with Crippen LogP contribution in [0.2, 0.25) is 0 Å². The van der Waals surface area contributed by atoms with Crippen LogP contribution in [0.1, 0.15) is 36.8 Å². The highest BCUT2D eigenvalue weighted by Gasteiger charge is 2.42. The summed E-state index contributed by atoms with van der Waals surface area (Å²) in [4.78, 5) is 12.1. The number of hydrogen-bond donors (Lipinski definition) is 1. The van der Waals surface area contributed by atoms with Crippen molar-refractivity contribution in [1.82, 2.24) is 15.5 Å². The number of benzene rings is 1. The molecule has 1 unspecified atom stereocenters. The van der Waals surface area contributed by atoms with E-state index >= 15 is 0 Å². The van der Waals surface area contributed by atoms with Gasteiger partial charge in [0.1, 0.15) is 11.3 Å². The van der Waals surface area contributed by atoms with Gasteiger partial charge >= 0.3 is 0 Å². The van der Waals surface area contributed by atoms with Crippen LogP contribution in [0, 0.1) is 31.1 Å². The Hall–Kier alpha value is -2.53. The number of rotatable bonds is 8. The first-order valence-corrected chi connectivity index (χ1v) is 9.75. The fourth-order valence-corrected chi connectivity index (χ4v) is 3.27. The van der Waals surface area contributed by atoms with Gasteiger partial charge in [-0.3, -0.25) is 4.79 Å². The van der Waals surface area contributed by atoms with Crippen LogP contribution in [0.3, 0.4) is 0 Å². The summed E-state index contributed by atoms with van der Waals surface area (Å²) in [5.41, 5.74) is 1.35. The van der Waals surface area contributed by atoms with E-state index in [0.717, 1.165) is 41.5 Å². The molecule has 0 radical (unpaired) electrons. The lowest BCUT2D eigenvalue weighted by molar-refractivity contribution is -0.119. The summed E-state index contributed by atoms with van der Waals surface area (Å²) in [6.45, 7) is 5.90. The summed E-state index contributed by atoms with van der Waals surface area (Å²) in [6, 6.07) is 8.18. The summed E-state index contributed by atoms with van der Waals surface area (Å²) in [7, 11) is 0. The number of nitrogens with one attached hydrogen (secondary N) is 1. The van der Waals surface area contributed by atoms with Crippen LogP contribution >= 0.6 is 11.8 Å². The predicted octanol–water partition coefficient (Wildman–Crippen LogP) is 3.17. The fourth-order valence-electron chi connectivity index (χ4n) is 2.69. The molecule has 1 aliphatic carbocycles. The minimum atomic E-state index is -0.794. The molecule has 0 spiro atoms. The maximum absolute atomic E-state index is 12.1. The smallest absolute Gasteiger partial charge is 0.277 e. The summed E-state index contributed by atoms with van der Waals surface area (Å²) in [5.74, 6) is 1.26. The summed E-state index contributed by atoms with van der Waals surface area (Å²) in [6.07, 6.45) is 1.95. The number of amides is 1. The molecule has 0 aliphatic heterocycles. The Bertz CT molecular complexity index is 872. The monoisotopic (exact) mass is 386 g/mol. The van der Waals surface area contributed by atoms with Crippen LogP contribution in [-0.2, 0) is 11.4 Å². The van der Waals surface area contributed by atoms with Gasteiger partial charge in [0, 0.05) is 0 Å². The molecular formula is C19H22N4O3S. The molecule has 1 atom stereocenters. The van der Waals surface area contributed by atoms with Crippen molar-refractivity contribution in [1.29, 1.82) is 5.26 Å². The number of aryl methyl sites for hydroxylation is 2. The Morgan fingerprint density at radius 1 is 1.44 bits per heavy atom. The van der Waals surface area contributed by atoms with Gasteiger partial charge in [-0.2, -0.15) is 5.26 Å². The molecule has 1 heterocycles. The van der Waals surface area contributed by atoms with E-state index < -0.39 is 5.54 Å². The first-order valence-electron chi connectivity index (χ1n) is 8.77. The van der Waals surface area contributed by atoms with E-state index in [2.05, 4.69) is 21.6 Å². The Morgan fingerprint density at radius 3 is 2.93 bits per heavy atom. The van der Waals surface area contributed by atoms with Crippen molar-refractivity contribution in [2.75, 3.05) is 5.75 Å². The van der Waals surface area contributed by atoms with E-state index in [9.17, 15) is 10.1 Å². The van der Waals surface area contributed by atoms with Gasteiger partial charge in [0.05, 0.1) is 11.8 Å². The summed E-state index contributed by atoms with van der Waals surface area (Å²) in [5, 5.41) is 20.3. The Labute approximate surface area is 162 Å². The van der Waals surface area contributed by atoms with Gasteiger partial charge in [-0.1, -0.05) is 23.9 Å². The molecule has 27 heavy (non-hydrogen) atoms. The van der Waals surface area contributed by atoms with Crippen LogP contribution in [0.5, 0.6) is 5.75 Å². The van der Waals surface area contributed by atoms with Gasteiger partial charge in [0.25, 0.3) is 11.1 Å². The number of thioether (sulfide) groups is 1. The SMILES string of the molecule is Cc1ccc(C)c(OCc2nnc(SCC(=O)NC(C)(C#N)C3CC3)o2)c1. The second kappa shape index (κ2) is 8.01. The number of nitriles is 1. The minimum absolute atomic E-state index is 0.115. The van der Waals surface area contributed by atoms with Gasteiger partial charge in [-0.15, -0.1) is 10.2 Å². The molecule has 8 heteroatoms. The Morgan fingerprint density at radius 2 is 2.22 bits per heavy atom. The summed E-state index contributed by atoms with van der Waals surface area (Å²) < 4.78 is 11.2. The quantitative estimate of drug-likeness (QED) is 0.695. The van der Waals surface area contributed by atoms with Crippen LogP contribution in [0.15, 0.2) is 27.8 Å². The number of carbonyl (C=O) groups is 1.